The van der Waals surface area contributed by atoms with Crippen LogP contribution in [0.4, 0.5) is 5.82 Å². The number of anilines is 1. The largest absolute Gasteiger partial charge is 0.386 e. The van der Waals surface area contributed by atoms with Crippen molar-refractivity contribution in [2.75, 3.05) is 18.8 Å². The molecule has 9 nitrogen and oxygen atoms in total. The number of aliphatic hydroxyl groups excluding tert-OH is 2. The number of nitrogens with two attached hydrogens (primary N) is 1. The summed E-state index contributed by atoms with van der Waals surface area (Å²) in [6.07, 6.45) is 2.33. The monoisotopic (exact) mass is 320 g/mol. The van der Waals surface area contributed by atoms with E-state index in [0.29, 0.717) is 11.2 Å². The van der Waals surface area contributed by atoms with E-state index in [9.17, 15) is 10.2 Å². The van der Waals surface area contributed by atoms with Crippen LogP contribution in [0.15, 0.2) is 12.7 Å². The third kappa shape index (κ3) is 2.04. The van der Waals surface area contributed by atoms with Crippen molar-refractivity contribution in [3.63, 3.8) is 0 Å². The van der Waals surface area contributed by atoms with E-state index in [1.165, 1.54) is 12.7 Å². The molecule has 2 aliphatic rings. The summed E-state index contributed by atoms with van der Waals surface area (Å²) in [6.45, 7) is 3.42. The van der Waals surface area contributed by atoms with Gasteiger partial charge < -0.3 is 20.7 Å². The van der Waals surface area contributed by atoms with Crippen molar-refractivity contribution in [2.45, 2.75) is 43.9 Å². The van der Waals surface area contributed by atoms with Gasteiger partial charge in [0.1, 0.15) is 30.3 Å². The summed E-state index contributed by atoms with van der Waals surface area (Å²) < 4.78 is 7.71. The van der Waals surface area contributed by atoms with Crippen LogP contribution in [0.25, 0.3) is 11.2 Å². The Morgan fingerprint density at radius 2 is 2.00 bits per heavy atom. The molecule has 23 heavy (non-hydrogen) atoms. The predicted octanol–water partition coefficient (Wildman–Crippen LogP) is -0.745. The average molecular weight is 320 g/mol. The van der Waals surface area contributed by atoms with Gasteiger partial charge in [0.05, 0.1) is 6.33 Å². The summed E-state index contributed by atoms with van der Waals surface area (Å²) in [7, 11) is 0. The number of ether oxygens (including phenoxy) is 1. The number of hydrogen-bond acceptors (Lipinski definition) is 8. The molecule has 2 saturated heterocycles. The molecule has 4 unspecified atom stereocenters. The van der Waals surface area contributed by atoms with Gasteiger partial charge in [-0.1, -0.05) is 0 Å². The van der Waals surface area contributed by atoms with Crippen molar-refractivity contribution in [3.8, 4) is 0 Å². The fourth-order valence-corrected chi connectivity index (χ4v) is 3.52. The zero-order valence-corrected chi connectivity index (χ0v) is 12.8. The summed E-state index contributed by atoms with van der Waals surface area (Å²) in [5, 5.41) is 21.1. The molecule has 4 heterocycles. The molecule has 2 aromatic rings. The van der Waals surface area contributed by atoms with Gasteiger partial charge in [0, 0.05) is 13.1 Å². The Hall–Kier alpha value is -1.81. The summed E-state index contributed by atoms with van der Waals surface area (Å²) >= 11 is 0. The van der Waals surface area contributed by atoms with Gasteiger partial charge in [0.15, 0.2) is 17.2 Å². The molecule has 9 heteroatoms. The number of nitrogens with zero attached hydrogens (tertiary/aromatic N) is 5. The van der Waals surface area contributed by atoms with Gasteiger partial charge in [0.2, 0.25) is 0 Å². The maximum atomic E-state index is 10.6. The Labute approximate surface area is 132 Å². The van der Waals surface area contributed by atoms with Gasteiger partial charge >= 0.3 is 0 Å². The quantitative estimate of drug-likeness (QED) is 0.661. The average Bonchev–Trinajstić information content (AvgIpc) is 3.24. The van der Waals surface area contributed by atoms with Gasteiger partial charge in [0.25, 0.3) is 0 Å². The molecular formula is C14H20N6O3. The summed E-state index contributed by atoms with van der Waals surface area (Å²) in [5.41, 5.74) is 5.55. The highest BCUT2D eigenvalue weighted by Crippen LogP contribution is 2.39. The topological polar surface area (TPSA) is 123 Å². The second-order valence-electron chi connectivity index (χ2n) is 6.29. The molecule has 0 spiro atoms. The fraction of sp³-hybridized carbons (Fsp3) is 0.643. The minimum atomic E-state index is -1.18. The van der Waals surface area contributed by atoms with E-state index in [-0.39, 0.29) is 5.82 Å². The number of rotatable bonds is 2. The minimum absolute atomic E-state index is 0.265. The molecule has 0 radical (unpaired) electrons. The molecule has 0 amide bonds. The lowest BCUT2D eigenvalue weighted by Crippen LogP contribution is -2.44. The van der Waals surface area contributed by atoms with Crippen LogP contribution in [0.2, 0.25) is 0 Å². The van der Waals surface area contributed by atoms with Crippen molar-refractivity contribution in [1.82, 2.24) is 24.4 Å². The van der Waals surface area contributed by atoms with Crippen LogP contribution in [-0.2, 0) is 10.5 Å². The van der Waals surface area contributed by atoms with Crippen LogP contribution >= 0.6 is 0 Å². The number of hydrogen-bond donors (Lipinski definition) is 3. The zero-order valence-electron chi connectivity index (χ0n) is 12.8. The second kappa shape index (κ2) is 5.10. The highest BCUT2D eigenvalue weighted by atomic mass is 16.6. The van der Waals surface area contributed by atoms with E-state index < -0.39 is 24.2 Å². The number of aromatic nitrogens is 4. The molecule has 0 bridgehead atoms. The molecule has 2 aliphatic heterocycles. The standard InChI is InChI=1S/C14H20N6O3/c1-14(20-7-18-8-11(15)16-6-17-12(8)20)10(22)9(21)13(23-14)19-4-2-3-5-19/h6-7,9-10,13,21-22H,2-5H2,1H3,(H2,15,16,17). The zero-order chi connectivity index (χ0) is 16.2. The molecule has 0 saturated carbocycles. The first kappa shape index (κ1) is 14.8. The van der Waals surface area contributed by atoms with Crippen molar-refractivity contribution in [1.29, 1.82) is 0 Å². The first-order chi connectivity index (χ1) is 11.0. The molecule has 0 aromatic carbocycles. The Morgan fingerprint density at radius 1 is 1.26 bits per heavy atom. The summed E-state index contributed by atoms with van der Waals surface area (Å²) in [6, 6.07) is 0. The number of imidazole rings is 1. The van der Waals surface area contributed by atoms with Crippen molar-refractivity contribution < 1.29 is 14.9 Å². The third-order valence-corrected chi connectivity index (χ3v) is 4.86. The molecule has 124 valence electrons. The van der Waals surface area contributed by atoms with Gasteiger partial charge in [-0.15, -0.1) is 0 Å². The Balaban J connectivity index is 1.75. The van der Waals surface area contributed by atoms with Crippen molar-refractivity contribution >= 4 is 17.0 Å². The minimum Gasteiger partial charge on any atom is -0.386 e. The van der Waals surface area contributed by atoms with Gasteiger partial charge in [-0.05, 0) is 19.8 Å². The van der Waals surface area contributed by atoms with Gasteiger partial charge in [-0.3, -0.25) is 9.47 Å². The number of aliphatic hydroxyl groups is 2. The van der Waals surface area contributed by atoms with Crippen molar-refractivity contribution in [3.05, 3.63) is 12.7 Å². The first-order valence-corrected chi connectivity index (χ1v) is 7.74. The predicted molar refractivity (Wildman–Crippen MR) is 81.1 cm³/mol. The maximum absolute atomic E-state index is 10.6. The SMILES string of the molecule is CC1(n2cnc3c(N)ncnc32)OC(N2CCCC2)C(O)C1O. The Bertz CT molecular complexity index is 730. The van der Waals surface area contributed by atoms with Gasteiger partial charge in [-0.2, -0.15) is 0 Å². The lowest BCUT2D eigenvalue weighted by molar-refractivity contribution is -0.158. The number of likely N-dealkylation sites (tertiary alicyclic amines) is 1. The van der Waals surface area contributed by atoms with E-state index in [1.807, 2.05) is 0 Å². The molecule has 0 aliphatic carbocycles. The number of nitrogen functional groups attached to an aromatic ring is 1. The molecule has 2 fully saturated rings. The second-order valence-corrected chi connectivity index (χ2v) is 6.29. The van der Waals surface area contributed by atoms with E-state index in [1.54, 1.807) is 11.5 Å². The van der Waals surface area contributed by atoms with Crippen LogP contribution in [0.1, 0.15) is 19.8 Å². The van der Waals surface area contributed by atoms with E-state index in [4.69, 9.17) is 10.5 Å². The summed E-state index contributed by atoms with van der Waals surface area (Å²) in [4.78, 5) is 14.4. The van der Waals surface area contributed by atoms with E-state index in [0.717, 1.165) is 25.9 Å². The molecule has 4 atom stereocenters. The molecular weight excluding hydrogens is 300 g/mol. The molecule has 2 aromatic heterocycles. The molecule has 4 rings (SSSR count). The lowest BCUT2D eigenvalue weighted by atomic mass is 10.1. The van der Waals surface area contributed by atoms with Crippen LogP contribution in [0.5, 0.6) is 0 Å². The molecule has 4 N–H and O–H groups in total. The van der Waals surface area contributed by atoms with E-state index >= 15 is 0 Å². The number of fused-ring (bicyclic) bond motifs is 1. The normalized spacial score (nSPS) is 35.3. The maximum Gasteiger partial charge on any atom is 0.175 e. The van der Waals surface area contributed by atoms with Crippen LogP contribution < -0.4 is 5.73 Å². The van der Waals surface area contributed by atoms with Crippen LogP contribution in [-0.4, -0.2) is 66.2 Å². The Kier molecular flexibility index (Phi) is 3.27. The smallest absolute Gasteiger partial charge is 0.175 e. The summed E-state index contributed by atoms with van der Waals surface area (Å²) in [5.74, 6) is 0.265. The lowest BCUT2D eigenvalue weighted by Gasteiger charge is -2.30. The third-order valence-electron chi connectivity index (χ3n) is 4.86. The van der Waals surface area contributed by atoms with Crippen LogP contribution in [0.3, 0.4) is 0 Å². The van der Waals surface area contributed by atoms with Crippen molar-refractivity contribution in [2.24, 2.45) is 0 Å². The van der Waals surface area contributed by atoms with Gasteiger partial charge in [-0.25, -0.2) is 15.0 Å². The highest BCUT2D eigenvalue weighted by molar-refractivity contribution is 5.81. The first-order valence-electron chi connectivity index (χ1n) is 7.74. The van der Waals surface area contributed by atoms with Crippen LogP contribution in [0, 0.1) is 0 Å². The fourth-order valence-electron chi connectivity index (χ4n) is 3.52. The van der Waals surface area contributed by atoms with E-state index in [2.05, 4.69) is 19.9 Å². The Morgan fingerprint density at radius 3 is 2.74 bits per heavy atom. The highest BCUT2D eigenvalue weighted by Gasteiger charge is 2.55.